The van der Waals surface area contributed by atoms with Gasteiger partial charge in [-0.1, -0.05) is 6.07 Å². The van der Waals surface area contributed by atoms with Gasteiger partial charge in [-0.25, -0.2) is 19.7 Å². The summed E-state index contributed by atoms with van der Waals surface area (Å²) in [5.41, 5.74) is 3.33. The molecule has 2 bridgehead atoms. The molecule has 27 heavy (non-hydrogen) atoms. The Hall–Kier alpha value is -2.96. The van der Waals surface area contributed by atoms with Crippen molar-refractivity contribution in [2.24, 2.45) is 17.8 Å². The number of esters is 1. The summed E-state index contributed by atoms with van der Waals surface area (Å²) >= 11 is 0. The number of hydrogen-bond donors (Lipinski definition) is 0. The van der Waals surface area contributed by atoms with Gasteiger partial charge in [-0.2, -0.15) is 0 Å². The van der Waals surface area contributed by atoms with Crippen LogP contribution in [0.15, 0.2) is 30.9 Å². The number of hydrogen-bond acceptors (Lipinski definition) is 6. The van der Waals surface area contributed by atoms with Crippen molar-refractivity contribution in [3.63, 3.8) is 0 Å². The van der Waals surface area contributed by atoms with E-state index >= 15 is 0 Å². The minimum Gasteiger partial charge on any atom is -0.465 e. The number of anilines is 1. The summed E-state index contributed by atoms with van der Waals surface area (Å²) in [6, 6.07) is 5.04. The molecule has 7 rings (SSSR count). The van der Waals surface area contributed by atoms with Gasteiger partial charge in [0.2, 0.25) is 0 Å². The fourth-order valence-electron chi connectivity index (χ4n) is 4.89. The molecule has 3 aromatic heterocycles. The lowest BCUT2D eigenvalue weighted by Gasteiger charge is -2.18. The molecule has 2 atom stereocenters. The van der Waals surface area contributed by atoms with Crippen molar-refractivity contribution in [1.29, 1.82) is 0 Å². The highest BCUT2D eigenvalue weighted by Gasteiger charge is 2.80. The number of carbonyl (C=O) groups is 1. The predicted octanol–water partition coefficient (Wildman–Crippen LogP) is 2.03. The molecule has 3 aromatic rings. The molecule has 2 saturated carbocycles. The van der Waals surface area contributed by atoms with Crippen LogP contribution in [0, 0.1) is 24.7 Å². The lowest BCUT2D eigenvalue weighted by atomic mass is 10.2. The number of aromatic nitrogens is 4. The van der Waals surface area contributed by atoms with Gasteiger partial charge in [0.1, 0.15) is 17.8 Å². The Morgan fingerprint density at radius 1 is 1.33 bits per heavy atom. The standard InChI is InChI=1S/C20H19N5O2/c1-10-11(3-4-15(23-10)25-8-14-16-17(14)18(16)25)6-24-7-13(20(26)27-2)12-5-21-9-22-19(12)24/h3-5,7,9,14,16-18H,6,8H2,1-2H3. The molecule has 0 spiro atoms. The van der Waals surface area contributed by atoms with E-state index in [1.54, 1.807) is 12.4 Å². The molecule has 4 aliphatic rings. The number of rotatable bonds is 4. The highest BCUT2D eigenvalue weighted by molar-refractivity contribution is 6.03. The van der Waals surface area contributed by atoms with Crippen molar-refractivity contribution in [1.82, 2.24) is 19.5 Å². The quantitative estimate of drug-likeness (QED) is 0.662. The zero-order chi connectivity index (χ0) is 18.3. The fourth-order valence-corrected chi connectivity index (χ4v) is 4.89. The van der Waals surface area contributed by atoms with Gasteiger partial charge >= 0.3 is 5.97 Å². The van der Waals surface area contributed by atoms with Gasteiger partial charge in [0, 0.05) is 30.7 Å². The minimum atomic E-state index is -0.380. The average molecular weight is 361 g/mol. The second kappa shape index (κ2) is 5.06. The second-order valence-corrected chi connectivity index (χ2v) is 7.80. The zero-order valence-electron chi connectivity index (χ0n) is 15.2. The van der Waals surface area contributed by atoms with Crippen molar-refractivity contribution >= 4 is 22.8 Å². The molecule has 4 fully saturated rings. The zero-order valence-corrected chi connectivity index (χ0v) is 15.2. The minimum absolute atomic E-state index is 0.380. The summed E-state index contributed by atoms with van der Waals surface area (Å²) in [6.45, 7) is 3.82. The number of carbonyl (C=O) groups excluding carboxylic acids is 1. The van der Waals surface area contributed by atoms with Crippen LogP contribution in [-0.2, 0) is 11.3 Å². The molecule has 2 aliphatic heterocycles. The van der Waals surface area contributed by atoms with Crippen LogP contribution in [0.25, 0.3) is 11.0 Å². The molecule has 2 aliphatic carbocycles. The summed E-state index contributed by atoms with van der Waals surface area (Å²) < 4.78 is 6.86. The molecule has 136 valence electrons. The summed E-state index contributed by atoms with van der Waals surface area (Å²) in [5.74, 6) is 3.60. The number of pyridine rings is 1. The lowest BCUT2D eigenvalue weighted by Crippen LogP contribution is -2.21. The first-order valence-electron chi connectivity index (χ1n) is 9.27. The average Bonchev–Trinajstić information content (AvgIpc) is 3.41. The van der Waals surface area contributed by atoms with Gasteiger partial charge in [-0.3, -0.25) is 0 Å². The molecule has 7 nitrogen and oxygen atoms in total. The van der Waals surface area contributed by atoms with Crippen molar-refractivity contribution in [3.05, 3.63) is 47.7 Å². The van der Waals surface area contributed by atoms with E-state index in [9.17, 15) is 4.79 Å². The van der Waals surface area contributed by atoms with Crippen molar-refractivity contribution in [2.75, 3.05) is 18.6 Å². The first kappa shape index (κ1) is 15.1. The number of nitrogens with zero attached hydrogens (tertiary/aromatic N) is 5. The van der Waals surface area contributed by atoms with E-state index in [0.717, 1.165) is 46.5 Å². The SMILES string of the molecule is COC(=O)c1cn(Cc2ccc(N3CC4C5C4C53)nc2C)c2ncncc12. The van der Waals surface area contributed by atoms with Gasteiger partial charge in [0.25, 0.3) is 0 Å². The number of aryl methyl sites for hydroxylation is 1. The normalized spacial score (nSPS) is 27.0. The van der Waals surface area contributed by atoms with Crippen LogP contribution < -0.4 is 4.90 Å². The van der Waals surface area contributed by atoms with E-state index in [4.69, 9.17) is 9.72 Å². The largest absolute Gasteiger partial charge is 0.465 e. The highest BCUT2D eigenvalue weighted by atomic mass is 16.5. The maximum absolute atomic E-state index is 12.1. The maximum Gasteiger partial charge on any atom is 0.340 e. The second-order valence-electron chi connectivity index (χ2n) is 7.80. The van der Waals surface area contributed by atoms with Crippen LogP contribution in [0.4, 0.5) is 5.82 Å². The van der Waals surface area contributed by atoms with Crippen LogP contribution in [0.5, 0.6) is 0 Å². The number of ether oxygens (including phenoxy) is 1. The van der Waals surface area contributed by atoms with Gasteiger partial charge in [-0.05, 0) is 36.3 Å². The monoisotopic (exact) mass is 361 g/mol. The first-order valence-corrected chi connectivity index (χ1v) is 9.27. The van der Waals surface area contributed by atoms with Crippen molar-refractivity contribution < 1.29 is 9.53 Å². The summed E-state index contributed by atoms with van der Waals surface area (Å²) in [5, 5.41) is 0.700. The van der Waals surface area contributed by atoms with Gasteiger partial charge in [0.15, 0.2) is 0 Å². The molecule has 0 N–H and O–H groups in total. The number of methoxy groups -OCH3 is 1. The molecular formula is C20H19N5O2. The van der Waals surface area contributed by atoms with E-state index in [0.29, 0.717) is 17.5 Å². The smallest absolute Gasteiger partial charge is 0.340 e. The Bertz CT molecular complexity index is 1090. The van der Waals surface area contributed by atoms with Crippen molar-refractivity contribution in [3.8, 4) is 0 Å². The van der Waals surface area contributed by atoms with Crippen LogP contribution in [0.1, 0.15) is 21.6 Å². The van der Waals surface area contributed by atoms with Gasteiger partial charge in [-0.15, -0.1) is 0 Å². The molecule has 5 heterocycles. The lowest BCUT2D eigenvalue weighted by molar-refractivity contribution is 0.0602. The summed E-state index contributed by atoms with van der Waals surface area (Å²) in [6.07, 6.45) is 4.94. The summed E-state index contributed by atoms with van der Waals surface area (Å²) in [7, 11) is 1.38. The Morgan fingerprint density at radius 3 is 2.89 bits per heavy atom. The Morgan fingerprint density at radius 2 is 2.19 bits per heavy atom. The molecule has 0 radical (unpaired) electrons. The van der Waals surface area contributed by atoms with E-state index in [1.165, 1.54) is 20.0 Å². The first-order chi connectivity index (χ1) is 13.2. The van der Waals surface area contributed by atoms with E-state index in [2.05, 4.69) is 27.0 Å². The maximum atomic E-state index is 12.1. The molecule has 7 heteroatoms. The fraction of sp³-hybridized carbons (Fsp3) is 0.400. The van der Waals surface area contributed by atoms with E-state index < -0.39 is 0 Å². The molecule has 0 aromatic carbocycles. The third-order valence-electron chi connectivity index (χ3n) is 6.47. The molecule has 2 unspecified atom stereocenters. The number of fused-ring (bicyclic) bond motifs is 2. The number of piperidine rings is 1. The third kappa shape index (κ3) is 2.02. The van der Waals surface area contributed by atoms with Gasteiger partial charge in [0.05, 0.1) is 24.6 Å². The van der Waals surface area contributed by atoms with Crippen LogP contribution >= 0.6 is 0 Å². The van der Waals surface area contributed by atoms with Crippen LogP contribution in [-0.4, -0.2) is 45.2 Å². The Labute approximate surface area is 156 Å². The van der Waals surface area contributed by atoms with Crippen molar-refractivity contribution in [2.45, 2.75) is 19.5 Å². The highest BCUT2D eigenvalue weighted by Crippen LogP contribution is 2.75. The Balaban J connectivity index is 1.33. The predicted molar refractivity (Wildman–Crippen MR) is 98.5 cm³/mol. The molecule has 2 saturated heterocycles. The van der Waals surface area contributed by atoms with Crippen LogP contribution in [0.3, 0.4) is 0 Å². The Kier molecular flexibility index (Phi) is 2.83. The summed E-state index contributed by atoms with van der Waals surface area (Å²) in [4.78, 5) is 27.8. The molecular weight excluding hydrogens is 342 g/mol. The van der Waals surface area contributed by atoms with E-state index in [1.807, 2.05) is 11.5 Å². The molecule has 0 amide bonds. The topological polar surface area (TPSA) is 73.1 Å². The van der Waals surface area contributed by atoms with Gasteiger partial charge < -0.3 is 14.2 Å². The van der Waals surface area contributed by atoms with Crippen LogP contribution in [0.2, 0.25) is 0 Å². The van der Waals surface area contributed by atoms with E-state index in [-0.39, 0.29) is 5.97 Å². The third-order valence-corrected chi connectivity index (χ3v) is 6.47.